The predicted molar refractivity (Wildman–Crippen MR) is 74.8 cm³/mol. The van der Waals surface area contributed by atoms with Crippen molar-refractivity contribution in [1.29, 1.82) is 0 Å². The van der Waals surface area contributed by atoms with Crippen molar-refractivity contribution in [1.82, 2.24) is 14.5 Å². The average Bonchev–Trinajstić information content (AvgIpc) is 3.02. The van der Waals surface area contributed by atoms with Crippen molar-refractivity contribution in [3.05, 3.63) is 28.1 Å². The van der Waals surface area contributed by atoms with E-state index < -0.39 is 24.0 Å². The quantitative estimate of drug-likeness (QED) is 0.275. The van der Waals surface area contributed by atoms with Crippen molar-refractivity contribution in [2.24, 2.45) is 5.11 Å². The summed E-state index contributed by atoms with van der Waals surface area (Å²) in [7, 11) is 0. The fourth-order valence-corrected chi connectivity index (χ4v) is 3.60. The number of ether oxygens (including phenoxy) is 1. The van der Waals surface area contributed by atoms with Gasteiger partial charge in [-0.2, -0.15) is 0 Å². The Balaban J connectivity index is 1.83. The molecule has 0 aromatic carbocycles. The second-order valence-corrected chi connectivity index (χ2v) is 6.40. The van der Waals surface area contributed by atoms with E-state index in [1.807, 2.05) is 0 Å². The molecule has 114 valence electrons. The third-order valence-corrected chi connectivity index (χ3v) is 5.02. The largest absolute Gasteiger partial charge is 0.492 e. The number of azide groups is 1. The number of nitrogens with zero attached hydrogens (tertiary/aromatic N) is 6. The van der Waals surface area contributed by atoms with Gasteiger partial charge in [0.05, 0.1) is 18.0 Å². The van der Waals surface area contributed by atoms with Gasteiger partial charge in [0.25, 0.3) is 0 Å². The summed E-state index contributed by atoms with van der Waals surface area (Å²) in [6.07, 6.45) is 1.56. The minimum absolute atomic E-state index is 0.100. The van der Waals surface area contributed by atoms with E-state index in [1.54, 1.807) is 6.20 Å². The smallest absolute Gasteiger partial charge is 0.356 e. The molecule has 0 bridgehead atoms. The summed E-state index contributed by atoms with van der Waals surface area (Å²) in [5.41, 5.74) is 8.23. The first-order chi connectivity index (χ1) is 10.6. The van der Waals surface area contributed by atoms with Crippen molar-refractivity contribution in [2.75, 3.05) is 12.4 Å². The highest BCUT2D eigenvalue weighted by Gasteiger charge is 2.53. The number of carboxylic acid groups (broad SMARTS) is 1. The second-order valence-electron chi connectivity index (χ2n) is 4.34. The summed E-state index contributed by atoms with van der Waals surface area (Å²) in [5, 5.41) is 16.4. The molecule has 22 heavy (non-hydrogen) atoms. The lowest BCUT2D eigenvalue weighted by atomic mass is 9.93. The molecule has 2 unspecified atom stereocenters. The van der Waals surface area contributed by atoms with E-state index in [0.29, 0.717) is 0 Å². The fraction of sp³-hybridized carbons (Fsp3) is 0.400. The Morgan fingerprint density at radius 2 is 2.55 bits per heavy atom. The van der Waals surface area contributed by atoms with E-state index in [-0.39, 0.29) is 23.8 Å². The van der Waals surface area contributed by atoms with Gasteiger partial charge in [-0.3, -0.25) is 9.69 Å². The Labute approximate surface area is 131 Å². The number of fused-ring (bicyclic) bond motifs is 1. The fourth-order valence-electron chi connectivity index (χ4n) is 2.23. The van der Waals surface area contributed by atoms with Crippen LogP contribution in [0.1, 0.15) is 0 Å². The Morgan fingerprint density at radius 3 is 3.18 bits per heavy atom. The predicted octanol–water partition coefficient (Wildman–Crippen LogP) is 0.846. The lowest BCUT2D eigenvalue weighted by molar-refractivity contribution is -0.157. The number of aromatic nitrogens is 2. The highest BCUT2D eigenvalue weighted by molar-refractivity contribution is 8.01. The molecule has 2 aliphatic rings. The second kappa shape index (κ2) is 5.83. The zero-order valence-corrected chi connectivity index (χ0v) is 12.5. The molecule has 2 atom stereocenters. The number of carboxylic acids is 1. The minimum Gasteiger partial charge on any atom is -0.492 e. The molecule has 0 aliphatic carbocycles. The number of amides is 1. The number of hydrogen-bond donors (Lipinski definition) is 1. The van der Waals surface area contributed by atoms with Gasteiger partial charge in [0.2, 0.25) is 5.91 Å². The van der Waals surface area contributed by atoms with Crippen molar-refractivity contribution in [3.63, 3.8) is 0 Å². The lowest BCUT2D eigenvalue weighted by Gasteiger charge is -2.47. The highest BCUT2D eigenvalue weighted by atomic mass is 32.2. The highest BCUT2D eigenvalue weighted by Crippen LogP contribution is 2.36. The maximum Gasteiger partial charge on any atom is 0.356 e. The summed E-state index contributed by atoms with van der Waals surface area (Å²) < 4.78 is 9.99. The molecular weight excluding hydrogens is 332 g/mol. The van der Waals surface area contributed by atoms with Gasteiger partial charge in [-0.25, -0.2) is 4.79 Å². The summed E-state index contributed by atoms with van der Waals surface area (Å²) in [4.78, 5) is 27.2. The van der Waals surface area contributed by atoms with Gasteiger partial charge in [-0.1, -0.05) is 9.60 Å². The molecule has 1 amide bonds. The van der Waals surface area contributed by atoms with E-state index in [4.69, 9.17) is 10.3 Å². The maximum absolute atomic E-state index is 12.0. The van der Waals surface area contributed by atoms with Crippen LogP contribution in [0.15, 0.2) is 27.0 Å². The molecule has 1 N–H and O–H groups in total. The number of carbonyl (C=O) groups is 2. The first-order valence-corrected chi connectivity index (χ1v) is 7.76. The van der Waals surface area contributed by atoms with Crippen molar-refractivity contribution in [3.8, 4) is 0 Å². The first-order valence-electron chi connectivity index (χ1n) is 6.00. The van der Waals surface area contributed by atoms with Crippen LogP contribution in [0.4, 0.5) is 0 Å². The minimum atomic E-state index is -1.25. The van der Waals surface area contributed by atoms with Gasteiger partial charge in [0, 0.05) is 4.91 Å². The average molecular weight is 340 g/mol. The number of thioether (sulfide) groups is 1. The maximum atomic E-state index is 12.0. The Bertz CT molecular complexity index is 698. The first kappa shape index (κ1) is 14.6. The van der Waals surface area contributed by atoms with E-state index in [1.165, 1.54) is 23.3 Å². The summed E-state index contributed by atoms with van der Waals surface area (Å²) in [5.74, 6) is -1.33. The van der Waals surface area contributed by atoms with Crippen LogP contribution in [0.2, 0.25) is 0 Å². The molecular formula is C10H8N6O4S2. The molecule has 0 radical (unpaired) electrons. The number of aliphatic carboxylic acids is 1. The van der Waals surface area contributed by atoms with Crippen LogP contribution in [-0.4, -0.2) is 55.9 Å². The standard InChI is InChI=1S/C10H8N6O4S2/c11-14-13-7-4-2-20-5(3-21-6-1-12-15-22-6)8(10(18)19)16(4)9(7)17/h1,4,7H,2-3H2,(H,18,19). The molecule has 3 heterocycles. The van der Waals surface area contributed by atoms with Crippen LogP contribution in [0, 0.1) is 0 Å². The van der Waals surface area contributed by atoms with E-state index in [9.17, 15) is 14.7 Å². The van der Waals surface area contributed by atoms with Crippen LogP contribution >= 0.6 is 23.3 Å². The summed E-state index contributed by atoms with van der Waals surface area (Å²) in [6, 6.07) is -1.47. The van der Waals surface area contributed by atoms with Gasteiger partial charge in [0.1, 0.15) is 22.6 Å². The topological polar surface area (TPSA) is 141 Å². The van der Waals surface area contributed by atoms with Crippen LogP contribution in [0.5, 0.6) is 0 Å². The zero-order chi connectivity index (χ0) is 15.7. The molecule has 1 aromatic rings. The van der Waals surface area contributed by atoms with E-state index >= 15 is 0 Å². The molecule has 3 rings (SSSR count). The summed E-state index contributed by atoms with van der Waals surface area (Å²) >= 11 is 2.51. The molecule has 0 saturated carbocycles. The van der Waals surface area contributed by atoms with Gasteiger partial charge >= 0.3 is 5.97 Å². The SMILES string of the molecule is [N-]=[N+]=NC1C(=O)N2C(C(=O)O)=C(CSc3cnns3)OCC12. The van der Waals surface area contributed by atoms with Crippen LogP contribution in [-0.2, 0) is 14.3 Å². The van der Waals surface area contributed by atoms with E-state index in [0.717, 1.165) is 9.11 Å². The Kier molecular flexibility index (Phi) is 3.88. The molecule has 1 saturated heterocycles. The normalized spacial score (nSPS) is 23.3. The van der Waals surface area contributed by atoms with Gasteiger partial charge in [-0.05, 0) is 17.1 Å². The molecule has 2 aliphatic heterocycles. The Hall–Kier alpha value is -2.30. The van der Waals surface area contributed by atoms with Crippen molar-refractivity contribution in [2.45, 2.75) is 16.3 Å². The Morgan fingerprint density at radius 1 is 1.73 bits per heavy atom. The van der Waals surface area contributed by atoms with Gasteiger partial charge in [-0.15, -0.1) is 16.9 Å². The lowest BCUT2D eigenvalue weighted by Crippen LogP contribution is -2.67. The van der Waals surface area contributed by atoms with Crippen molar-refractivity contribution >= 4 is 35.2 Å². The molecule has 12 heteroatoms. The monoisotopic (exact) mass is 340 g/mol. The van der Waals surface area contributed by atoms with Crippen LogP contribution in [0.25, 0.3) is 10.4 Å². The van der Waals surface area contributed by atoms with Gasteiger partial charge < -0.3 is 9.84 Å². The zero-order valence-electron chi connectivity index (χ0n) is 10.8. The van der Waals surface area contributed by atoms with Crippen LogP contribution in [0.3, 0.4) is 0 Å². The molecule has 0 spiro atoms. The number of rotatable bonds is 5. The van der Waals surface area contributed by atoms with Gasteiger partial charge in [0.15, 0.2) is 5.70 Å². The van der Waals surface area contributed by atoms with E-state index in [2.05, 4.69) is 19.6 Å². The number of β-lactam (4-membered cyclic amide) rings is 1. The molecule has 1 fully saturated rings. The third kappa shape index (κ3) is 2.36. The van der Waals surface area contributed by atoms with Crippen molar-refractivity contribution < 1.29 is 19.4 Å². The number of hydrogen-bond acceptors (Lipinski definition) is 8. The van der Waals surface area contributed by atoms with Crippen LogP contribution < -0.4 is 0 Å². The molecule has 1 aromatic heterocycles. The third-order valence-electron chi connectivity index (χ3n) is 3.19. The number of carbonyl (C=O) groups excluding carboxylic acids is 1. The molecule has 10 nitrogen and oxygen atoms in total. The summed E-state index contributed by atoms with van der Waals surface area (Å²) in [6.45, 7) is 0.100.